The van der Waals surface area contributed by atoms with Crippen molar-refractivity contribution >= 4 is 50.0 Å². The number of thiophene rings is 1. The van der Waals surface area contributed by atoms with Crippen LogP contribution in [0.15, 0.2) is 35.4 Å². The summed E-state index contributed by atoms with van der Waals surface area (Å²) >= 11 is 1.27. The number of nitrogens with zero attached hydrogens (tertiary/aromatic N) is 4. The average Bonchev–Trinajstić information content (AvgIpc) is 3.19. The van der Waals surface area contributed by atoms with Gasteiger partial charge in [0, 0.05) is 24.2 Å². The molecule has 9 nitrogen and oxygen atoms in total. The molecule has 0 aliphatic carbocycles. The van der Waals surface area contributed by atoms with Gasteiger partial charge in [-0.15, -0.1) is 11.3 Å². The third-order valence-electron chi connectivity index (χ3n) is 6.11. The summed E-state index contributed by atoms with van der Waals surface area (Å²) in [5, 5.41) is 4.11. The molecule has 0 spiro atoms. The number of carbonyl (C=O) groups is 2. The molecule has 0 bridgehead atoms. The first-order chi connectivity index (χ1) is 16.8. The fourth-order valence-electron chi connectivity index (χ4n) is 4.41. The highest BCUT2D eigenvalue weighted by Crippen LogP contribution is 2.38. The van der Waals surface area contributed by atoms with E-state index in [1.54, 1.807) is 17.0 Å². The lowest BCUT2D eigenvalue weighted by atomic mass is 10.1. The number of carbonyl (C=O) groups excluding carboxylic acids is 2. The monoisotopic (exact) mass is 491 g/mol. The van der Waals surface area contributed by atoms with Gasteiger partial charge in [0.1, 0.15) is 16.3 Å². The van der Waals surface area contributed by atoms with Gasteiger partial charge >= 0.3 is 0 Å². The lowest BCUT2D eigenvalue weighted by molar-refractivity contribution is -0.116. The summed E-state index contributed by atoms with van der Waals surface area (Å²) in [6.45, 7) is 7.43. The lowest BCUT2D eigenvalue weighted by Gasteiger charge is -2.26. The van der Waals surface area contributed by atoms with E-state index in [0.29, 0.717) is 52.6 Å². The van der Waals surface area contributed by atoms with Gasteiger partial charge in [0.2, 0.25) is 5.91 Å². The van der Waals surface area contributed by atoms with Crippen LogP contribution in [0.5, 0.6) is 0 Å². The van der Waals surface area contributed by atoms with Crippen LogP contribution in [-0.4, -0.2) is 57.6 Å². The second kappa shape index (κ2) is 9.20. The van der Waals surface area contributed by atoms with Crippen molar-refractivity contribution in [2.24, 2.45) is 0 Å². The SMILES string of the molecule is Cc1cc(C)c2c(NC(=O)Cn3cnc4c(C)cccc4c3=O)c(C(=O)N3CCOCC3)sc2n1. The number of pyridine rings is 1. The van der Waals surface area contributed by atoms with E-state index in [0.717, 1.165) is 22.2 Å². The molecule has 5 rings (SSSR count). The average molecular weight is 492 g/mol. The molecule has 10 heteroatoms. The molecule has 4 heterocycles. The highest BCUT2D eigenvalue weighted by atomic mass is 32.1. The van der Waals surface area contributed by atoms with Crippen LogP contribution in [0.1, 0.15) is 26.5 Å². The maximum atomic E-state index is 13.4. The minimum Gasteiger partial charge on any atom is -0.378 e. The normalized spacial score (nSPS) is 14.0. The number of anilines is 1. The first-order valence-corrected chi connectivity index (χ1v) is 12.2. The van der Waals surface area contributed by atoms with Crippen molar-refractivity contribution in [2.75, 3.05) is 31.6 Å². The summed E-state index contributed by atoms with van der Waals surface area (Å²) in [7, 11) is 0. The summed E-state index contributed by atoms with van der Waals surface area (Å²) < 4.78 is 6.66. The van der Waals surface area contributed by atoms with Crippen LogP contribution in [0.25, 0.3) is 21.1 Å². The summed E-state index contributed by atoms with van der Waals surface area (Å²) in [5.74, 6) is -0.583. The highest BCUT2D eigenvalue weighted by Gasteiger charge is 2.27. The van der Waals surface area contributed by atoms with Crippen molar-refractivity contribution in [2.45, 2.75) is 27.3 Å². The van der Waals surface area contributed by atoms with Gasteiger partial charge in [-0.1, -0.05) is 12.1 Å². The number of nitrogens with one attached hydrogen (secondary N) is 1. The Hall–Kier alpha value is -3.63. The number of amides is 2. The Morgan fingerprint density at radius 1 is 1.14 bits per heavy atom. The largest absolute Gasteiger partial charge is 0.378 e. The standard InChI is InChI=1S/C25H25N5O4S/c1-14-5-4-6-17-20(14)26-13-30(24(17)32)12-18(31)28-21-19-15(2)11-16(3)27-23(19)35-22(21)25(33)29-7-9-34-10-8-29/h4-6,11,13H,7-10,12H2,1-3H3,(H,28,31). The van der Waals surface area contributed by atoms with E-state index in [2.05, 4.69) is 15.3 Å². The Balaban J connectivity index is 1.51. The zero-order valence-electron chi connectivity index (χ0n) is 19.8. The van der Waals surface area contributed by atoms with Crippen LogP contribution in [-0.2, 0) is 16.1 Å². The van der Waals surface area contributed by atoms with Crippen LogP contribution in [0, 0.1) is 20.8 Å². The molecule has 0 atom stereocenters. The molecule has 3 aromatic heterocycles. The van der Waals surface area contributed by atoms with Gasteiger partial charge in [-0.25, -0.2) is 9.97 Å². The zero-order valence-corrected chi connectivity index (χ0v) is 20.6. The van der Waals surface area contributed by atoms with Gasteiger partial charge in [0.05, 0.1) is 36.1 Å². The topological polar surface area (TPSA) is 106 Å². The van der Waals surface area contributed by atoms with E-state index < -0.39 is 5.91 Å². The molecule has 4 aromatic rings. The molecule has 1 N–H and O–H groups in total. The first-order valence-electron chi connectivity index (χ1n) is 11.4. The predicted molar refractivity (Wildman–Crippen MR) is 135 cm³/mol. The molecule has 1 fully saturated rings. The minimum absolute atomic E-state index is 0.163. The molecule has 1 aliphatic heterocycles. The van der Waals surface area contributed by atoms with Crippen molar-refractivity contribution in [1.82, 2.24) is 19.4 Å². The number of hydrogen-bond acceptors (Lipinski definition) is 7. The fourth-order valence-corrected chi connectivity index (χ4v) is 5.63. The Morgan fingerprint density at radius 3 is 2.69 bits per heavy atom. The van der Waals surface area contributed by atoms with E-state index in [9.17, 15) is 14.4 Å². The molecule has 0 saturated carbocycles. The van der Waals surface area contributed by atoms with Crippen molar-refractivity contribution in [1.29, 1.82) is 0 Å². The van der Waals surface area contributed by atoms with Crippen LogP contribution < -0.4 is 10.9 Å². The third-order valence-corrected chi connectivity index (χ3v) is 7.19. The number of aryl methyl sites for hydroxylation is 3. The van der Waals surface area contributed by atoms with Gasteiger partial charge in [-0.2, -0.15) is 0 Å². The van der Waals surface area contributed by atoms with Gasteiger partial charge in [-0.3, -0.25) is 19.0 Å². The number of para-hydroxylation sites is 1. The predicted octanol–water partition coefficient (Wildman–Crippen LogP) is 3.04. The zero-order chi connectivity index (χ0) is 24.7. The molecular formula is C25H25N5O4S. The first kappa shape index (κ1) is 23.1. The maximum Gasteiger partial charge on any atom is 0.266 e. The molecular weight excluding hydrogens is 466 g/mol. The Bertz CT molecular complexity index is 1530. The number of morpholine rings is 1. The number of benzene rings is 1. The molecule has 2 amide bonds. The summed E-state index contributed by atoms with van der Waals surface area (Å²) in [5.41, 5.74) is 3.42. The second-order valence-corrected chi connectivity index (χ2v) is 9.67. The van der Waals surface area contributed by atoms with Crippen LogP contribution in [0.2, 0.25) is 0 Å². The Kier molecular flexibility index (Phi) is 6.08. The van der Waals surface area contributed by atoms with E-state index >= 15 is 0 Å². The van der Waals surface area contributed by atoms with Gasteiger partial charge in [-0.05, 0) is 44.0 Å². The fraction of sp³-hybridized carbons (Fsp3) is 0.320. The van der Waals surface area contributed by atoms with E-state index in [4.69, 9.17) is 4.74 Å². The number of ether oxygens (including phenoxy) is 1. The van der Waals surface area contributed by atoms with E-state index in [1.807, 2.05) is 32.9 Å². The quantitative estimate of drug-likeness (QED) is 0.470. The summed E-state index contributed by atoms with van der Waals surface area (Å²) in [4.78, 5) is 51.3. The van der Waals surface area contributed by atoms with Crippen LogP contribution >= 0.6 is 11.3 Å². The molecule has 1 saturated heterocycles. The number of hydrogen-bond donors (Lipinski definition) is 1. The van der Waals surface area contributed by atoms with Gasteiger partial charge in [0.15, 0.2) is 0 Å². The van der Waals surface area contributed by atoms with Gasteiger partial charge < -0.3 is 15.0 Å². The number of rotatable bonds is 4. The second-order valence-electron chi connectivity index (χ2n) is 8.67. The smallest absolute Gasteiger partial charge is 0.266 e. The van der Waals surface area contributed by atoms with Gasteiger partial charge in [0.25, 0.3) is 11.5 Å². The maximum absolute atomic E-state index is 13.4. The Labute approximate surface area is 205 Å². The molecule has 35 heavy (non-hydrogen) atoms. The van der Waals surface area contributed by atoms with E-state index in [1.165, 1.54) is 22.2 Å². The highest BCUT2D eigenvalue weighted by molar-refractivity contribution is 7.21. The van der Waals surface area contributed by atoms with Crippen molar-refractivity contribution in [3.63, 3.8) is 0 Å². The summed E-state index contributed by atoms with van der Waals surface area (Å²) in [6, 6.07) is 7.31. The molecule has 180 valence electrons. The van der Waals surface area contributed by atoms with Crippen molar-refractivity contribution in [3.05, 3.63) is 62.6 Å². The summed E-state index contributed by atoms with van der Waals surface area (Å²) in [6.07, 6.45) is 1.39. The van der Waals surface area contributed by atoms with Crippen LogP contribution in [0.4, 0.5) is 5.69 Å². The van der Waals surface area contributed by atoms with E-state index in [-0.39, 0.29) is 18.0 Å². The van der Waals surface area contributed by atoms with Crippen molar-refractivity contribution in [3.8, 4) is 0 Å². The Morgan fingerprint density at radius 2 is 1.91 bits per heavy atom. The number of aromatic nitrogens is 3. The van der Waals surface area contributed by atoms with Crippen molar-refractivity contribution < 1.29 is 14.3 Å². The lowest BCUT2D eigenvalue weighted by Crippen LogP contribution is -2.40. The number of fused-ring (bicyclic) bond motifs is 2. The third kappa shape index (κ3) is 4.30. The molecule has 1 aromatic carbocycles. The van der Waals surface area contributed by atoms with Crippen LogP contribution in [0.3, 0.4) is 0 Å². The minimum atomic E-state index is -0.420. The molecule has 1 aliphatic rings. The molecule has 0 radical (unpaired) electrons. The molecule has 0 unspecified atom stereocenters.